The predicted octanol–water partition coefficient (Wildman–Crippen LogP) is 11.2. The molecule has 0 saturated heterocycles. The number of unbranched alkanes of at least 4 members (excludes halogenated alkanes) is 3. The van der Waals surface area contributed by atoms with Crippen LogP contribution in [0.15, 0.2) is 66.7 Å². The lowest BCUT2D eigenvalue weighted by Crippen LogP contribution is -2.58. The molecule has 5 aromatic carbocycles. The predicted molar refractivity (Wildman–Crippen MR) is 258 cm³/mol. The molecule has 0 bridgehead atoms. The third kappa shape index (κ3) is 6.68. The van der Waals surface area contributed by atoms with Crippen molar-refractivity contribution >= 4 is 74.5 Å². The van der Waals surface area contributed by atoms with Gasteiger partial charge in [-0.3, -0.25) is 43.3 Å². The maximum atomic E-state index is 14.7. The van der Waals surface area contributed by atoms with Gasteiger partial charge in [-0.25, -0.2) is 4.90 Å². The number of imide groups is 4. The molecule has 4 unspecified atom stereocenters. The number of amides is 8. The van der Waals surface area contributed by atoms with E-state index >= 15 is 0 Å². The lowest BCUT2D eigenvalue weighted by molar-refractivity contribution is 0.00211. The Morgan fingerprint density at radius 1 is 0.500 bits per heavy atom. The van der Waals surface area contributed by atoms with Crippen LogP contribution in [-0.4, -0.2) is 68.2 Å². The molecule has 12 heteroatoms. The molecule has 0 spiro atoms. The maximum absolute atomic E-state index is 14.7. The van der Waals surface area contributed by atoms with E-state index in [1.807, 2.05) is 32.0 Å². The van der Waals surface area contributed by atoms with Gasteiger partial charge in [-0.2, -0.15) is 10.0 Å². The Bertz CT molecular complexity index is 2940. The number of aryl methyl sites for hydroxylation is 1. The van der Waals surface area contributed by atoms with Gasteiger partial charge in [0.1, 0.15) is 0 Å². The Balaban J connectivity index is 0.999. The highest BCUT2D eigenvalue weighted by atomic mass is 16.2. The van der Waals surface area contributed by atoms with Crippen LogP contribution in [0.2, 0.25) is 0 Å². The molecule has 348 valence electrons. The van der Waals surface area contributed by atoms with Crippen LogP contribution >= 0.6 is 0 Å². The number of hydrogen-bond acceptors (Lipinski definition) is 8. The van der Waals surface area contributed by atoms with Crippen molar-refractivity contribution in [2.75, 3.05) is 4.90 Å². The molecule has 1 aliphatic carbocycles. The summed E-state index contributed by atoms with van der Waals surface area (Å²) in [5.74, 6) is -5.41. The van der Waals surface area contributed by atoms with Crippen molar-refractivity contribution < 1.29 is 38.4 Å². The van der Waals surface area contributed by atoms with Crippen LogP contribution in [0.25, 0.3) is 21.5 Å². The van der Waals surface area contributed by atoms with Crippen molar-refractivity contribution in [1.29, 1.82) is 0 Å². The molecule has 4 aliphatic heterocycles. The lowest BCUT2D eigenvalue weighted by Gasteiger charge is -2.44. The minimum Gasteiger partial charge on any atom is -0.271 e. The van der Waals surface area contributed by atoms with E-state index in [0.717, 1.165) is 94.6 Å². The Hall–Kier alpha value is -6.82. The standard InChI is InChI=1S/C56H56N4O8/c1-6-10-13-31-16-18-33(15-12-8-3)43(28-31)57-49(61)35-20-24-39-47-40(25-21-36(45(35)47)50(57)62)54(66)59(53(39)65)60-55(67)41-26-22-37-46-38(23-27-42(48(41)46)56(60)68)52(64)58(51(37)63)44-29-32(14-11-7-2)17-19-34(44)30(5)9-4/h17,19-27,29-31,33,43H,6-16,18,28H2,1-5H3. The van der Waals surface area contributed by atoms with Gasteiger partial charge in [0.25, 0.3) is 47.3 Å². The average molecular weight is 913 g/mol. The van der Waals surface area contributed by atoms with Crippen molar-refractivity contribution in [1.82, 2.24) is 14.9 Å². The third-order valence-electron chi connectivity index (χ3n) is 15.6. The van der Waals surface area contributed by atoms with E-state index in [1.165, 1.54) is 58.3 Å². The van der Waals surface area contributed by atoms with Crippen molar-refractivity contribution in [2.24, 2.45) is 11.8 Å². The Morgan fingerprint density at radius 3 is 1.37 bits per heavy atom. The fraction of sp³-hybridized carbons (Fsp3) is 0.393. The highest BCUT2D eigenvalue weighted by Crippen LogP contribution is 2.46. The van der Waals surface area contributed by atoms with E-state index in [-0.39, 0.29) is 83.9 Å². The summed E-state index contributed by atoms with van der Waals surface area (Å²) in [5.41, 5.74) is 2.86. The summed E-state index contributed by atoms with van der Waals surface area (Å²) in [7, 11) is 0. The van der Waals surface area contributed by atoms with Gasteiger partial charge < -0.3 is 0 Å². The van der Waals surface area contributed by atoms with Crippen LogP contribution < -0.4 is 4.90 Å². The van der Waals surface area contributed by atoms with Crippen LogP contribution in [0.5, 0.6) is 0 Å². The Kier molecular flexibility index (Phi) is 11.5. The maximum Gasteiger partial charge on any atom is 0.281 e. The molecule has 4 heterocycles. The van der Waals surface area contributed by atoms with Gasteiger partial charge in [0.2, 0.25) is 0 Å². The fourth-order valence-electron chi connectivity index (χ4n) is 11.8. The van der Waals surface area contributed by atoms with Crippen molar-refractivity contribution in [3.05, 3.63) is 122 Å². The topological polar surface area (TPSA) is 150 Å². The van der Waals surface area contributed by atoms with Crippen LogP contribution in [0.3, 0.4) is 0 Å². The molecule has 0 N–H and O–H groups in total. The van der Waals surface area contributed by atoms with Gasteiger partial charge in [-0.05, 0) is 122 Å². The van der Waals surface area contributed by atoms with Crippen molar-refractivity contribution in [2.45, 2.75) is 130 Å². The highest BCUT2D eigenvalue weighted by Gasteiger charge is 2.50. The quantitative estimate of drug-likeness (QED) is 0.0999. The van der Waals surface area contributed by atoms with Crippen LogP contribution in [0.1, 0.15) is 212 Å². The number of nitrogens with zero attached hydrogens (tertiary/aromatic N) is 4. The SMILES string of the molecule is CCCCc1ccc(C(C)CC)c(N2C(=O)c3ccc4c5c(ccc(c35)C2=O)C(=O)N(N2C(=O)c3ccc5c6c(ccc(c36)C2=O)C(=O)N(C2CC(CCCC)CCC2CCCC)C5=O)C4=O)c1. The summed E-state index contributed by atoms with van der Waals surface area (Å²) < 4.78 is 0. The molecular formula is C56H56N4O8. The molecular weight excluding hydrogens is 857 g/mol. The fourth-order valence-corrected chi connectivity index (χ4v) is 11.8. The summed E-state index contributed by atoms with van der Waals surface area (Å²) in [6, 6.07) is 17.3. The number of hydrazine groups is 1. The first-order valence-electron chi connectivity index (χ1n) is 24.7. The number of carbonyl (C=O) groups excluding carboxylic acids is 8. The van der Waals surface area contributed by atoms with E-state index < -0.39 is 47.3 Å². The summed E-state index contributed by atoms with van der Waals surface area (Å²) in [6.45, 7) is 10.5. The van der Waals surface area contributed by atoms with E-state index in [1.54, 1.807) is 0 Å². The molecule has 1 saturated carbocycles. The van der Waals surface area contributed by atoms with Gasteiger partial charge in [-0.15, -0.1) is 0 Å². The van der Waals surface area contributed by atoms with Crippen LogP contribution in [0, 0.1) is 11.8 Å². The summed E-state index contributed by atoms with van der Waals surface area (Å²) >= 11 is 0. The molecule has 0 aromatic heterocycles. The normalized spacial score (nSPS) is 20.5. The van der Waals surface area contributed by atoms with Gasteiger partial charge in [0.15, 0.2) is 0 Å². The highest BCUT2D eigenvalue weighted by molar-refractivity contribution is 6.40. The molecule has 12 nitrogen and oxygen atoms in total. The number of anilines is 1. The third-order valence-corrected chi connectivity index (χ3v) is 15.6. The second-order valence-corrected chi connectivity index (χ2v) is 19.5. The summed E-state index contributed by atoms with van der Waals surface area (Å²) in [6.07, 6.45) is 12.3. The van der Waals surface area contributed by atoms with Gasteiger partial charge in [0.05, 0.1) is 27.9 Å². The Labute approximate surface area is 395 Å². The molecule has 5 aliphatic rings. The molecule has 4 atom stereocenters. The lowest BCUT2D eigenvalue weighted by atomic mass is 9.73. The second-order valence-electron chi connectivity index (χ2n) is 19.5. The van der Waals surface area contributed by atoms with E-state index in [4.69, 9.17) is 0 Å². The van der Waals surface area contributed by atoms with E-state index in [0.29, 0.717) is 21.6 Å². The first-order valence-corrected chi connectivity index (χ1v) is 24.7. The molecule has 68 heavy (non-hydrogen) atoms. The number of rotatable bonds is 14. The minimum absolute atomic E-state index is 0.0389. The molecule has 0 radical (unpaired) electrons. The first kappa shape index (κ1) is 45.0. The van der Waals surface area contributed by atoms with Crippen molar-refractivity contribution in [3.63, 3.8) is 0 Å². The second kappa shape index (κ2) is 17.4. The van der Waals surface area contributed by atoms with Crippen LogP contribution in [0.4, 0.5) is 5.69 Å². The zero-order chi connectivity index (χ0) is 47.9. The van der Waals surface area contributed by atoms with Crippen molar-refractivity contribution in [3.8, 4) is 0 Å². The zero-order valence-corrected chi connectivity index (χ0v) is 39.4. The van der Waals surface area contributed by atoms with Gasteiger partial charge >= 0.3 is 0 Å². The molecule has 5 aromatic rings. The number of hydrogen-bond donors (Lipinski definition) is 0. The first-order chi connectivity index (χ1) is 32.9. The summed E-state index contributed by atoms with van der Waals surface area (Å²) in [4.78, 5) is 120. The van der Waals surface area contributed by atoms with Crippen LogP contribution in [-0.2, 0) is 6.42 Å². The van der Waals surface area contributed by atoms with E-state index in [2.05, 4.69) is 20.8 Å². The van der Waals surface area contributed by atoms with E-state index in [9.17, 15) is 38.4 Å². The molecule has 8 amide bonds. The number of benzene rings is 5. The zero-order valence-electron chi connectivity index (χ0n) is 39.4. The molecule has 10 rings (SSSR count). The van der Waals surface area contributed by atoms with Gasteiger partial charge in [-0.1, -0.05) is 91.7 Å². The average Bonchev–Trinajstić information content (AvgIpc) is 3.35. The monoisotopic (exact) mass is 912 g/mol. The van der Waals surface area contributed by atoms with Gasteiger partial charge in [0, 0.05) is 49.8 Å². The largest absolute Gasteiger partial charge is 0.281 e. The molecule has 1 fully saturated rings. The Morgan fingerprint density at radius 2 is 0.926 bits per heavy atom. The number of carbonyl (C=O) groups is 8. The summed E-state index contributed by atoms with van der Waals surface area (Å²) in [5, 5.41) is 1.65. The smallest absolute Gasteiger partial charge is 0.271 e. The minimum atomic E-state index is -0.990.